The highest BCUT2D eigenvalue weighted by Gasteiger charge is 2.27. The summed E-state index contributed by atoms with van der Waals surface area (Å²) in [5, 5.41) is 0. The maximum atomic E-state index is 11.8. The highest BCUT2D eigenvalue weighted by Crippen LogP contribution is 2.18. The van der Waals surface area contributed by atoms with E-state index < -0.39 is 17.9 Å². The summed E-state index contributed by atoms with van der Waals surface area (Å²) < 4.78 is 15.0. The van der Waals surface area contributed by atoms with Gasteiger partial charge >= 0.3 is 11.9 Å². The molecule has 6 heteroatoms. The average molecular weight is 307 g/mol. The van der Waals surface area contributed by atoms with Gasteiger partial charge in [0, 0.05) is 6.21 Å². The Kier molecular flexibility index (Phi) is 7.67. The molecule has 120 valence electrons. The van der Waals surface area contributed by atoms with Crippen molar-refractivity contribution in [3.63, 3.8) is 0 Å². The SMILES string of the molecule is CCOC(=O)C(C=Nc1ccc(OCC)cc1)C(=O)OCC. The van der Waals surface area contributed by atoms with Crippen molar-refractivity contribution in [1.82, 2.24) is 0 Å². The number of hydrogen-bond acceptors (Lipinski definition) is 6. The van der Waals surface area contributed by atoms with Gasteiger partial charge in [0.2, 0.25) is 0 Å². The standard InChI is InChI=1S/C16H21NO5/c1-4-20-13-9-7-12(8-10-13)17-11-14(15(18)21-5-2)16(19)22-6-3/h7-11,14H,4-6H2,1-3H3. The van der Waals surface area contributed by atoms with E-state index in [4.69, 9.17) is 14.2 Å². The van der Waals surface area contributed by atoms with Gasteiger partial charge in [-0.3, -0.25) is 14.6 Å². The van der Waals surface area contributed by atoms with E-state index in [0.717, 1.165) is 5.75 Å². The molecule has 0 saturated carbocycles. The quantitative estimate of drug-likeness (QED) is 0.419. The Morgan fingerprint density at radius 1 is 1.00 bits per heavy atom. The van der Waals surface area contributed by atoms with E-state index in [9.17, 15) is 9.59 Å². The Morgan fingerprint density at radius 2 is 1.55 bits per heavy atom. The maximum absolute atomic E-state index is 11.8. The van der Waals surface area contributed by atoms with Gasteiger partial charge in [-0.1, -0.05) is 0 Å². The molecule has 0 spiro atoms. The second-order valence-corrected chi connectivity index (χ2v) is 4.19. The monoisotopic (exact) mass is 307 g/mol. The van der Waals surface area contributed by atoms with Crippen LogP contribution in [0.1, 0.15) is 20.8 Å². The number of esters is 2. The first-order valence-electron chi connectivity index (χ1n) is 7.22. The van der Waals surface area contributed by atoms with Crippen molar-refractivity contribution in [2.45, 2.75) is 20.8 Å². The number of carbonyl (C=O) groups excluding carboxylic acids is 2. The van der Waals surface area contributed by atoms with Crippen LogP contribution in [0.5, 0.6) is 5.75 Å². The normalized spacial score (nSPS) is 10.7. The predicted molar refractivity (Wildman–Crippen MR) is 82.5 cm³/mol. The second-order valence-electron chi connectivity index (χ2n) is 4.19. The van der Waals surface area contributed by atoms with Crippen molar-refractivity contribution in [3.05, 3.63) is 24.3 Å². The van der Waals surface area contributed by atoms with Crippen molar-refractivity contribution < 1.29 is 23.8 Å². The van der Waals surface area contributed by atoms with E-state index in [1.54, 1.807) is 38.1 Å². The molecule has 0 atom stereocenters. The first kappa shape index (κ1) is 17.7. The first-order valence-corrected chi connectivity index (χ1v) is 7.22. The van der Waals surface area contributed by atoms with Crippen LogP contribution in [0.3, 0.4) is 0 Å². The molecular formula is C16H21NO5. The van der Waals surface area contributed by atoms with Gasteiger partial charge in [0.25, 0.3) is 0 Å². The number of nitrogens with zero attached hydrogens (tertiary/aromatic N) is 1. The molecule has 0 amide bonds. The van der Waals surface area contributed by atoms with E-state index in [1.165, 1.54) is 6.21 Å². The lowest BCUT2D eigenvalue weighted by atomic mass is 10.1. The lowest BCUT2D eigenvalue weighted by Gasteiger charge is -2.10. The topological polar surface area (TPSA) is 74.2 Å². The van der Waals surface area contributed by atoms with Gasteiger partial charge in [-0.25, -0.2) is 0 Å². The molecule has 0 aliphatic heterocycles. The summed E-state index contributed by atoms with van der Waals surface area (Å²) in [6.45, 7) is 6.19. The highest BCUT2D eigenvalue weighted by molar-refractivity contribution is 6.09. The number of hydrogen-bond donors (Lipinski definition) is 0. The van der Waals surface area contributed by atoms with Gasteiger partial charge in [-0.2, -0.15) is 0 Å². The number of ether oxygens (including phenoxy) is 3. The van der Waals surface area contributed by atoms with Crippen LogP contribution < -0.4 is 4.74 Å². The van der Waals surface area contributed by atoms with Crippen molar-refractivity contribution in [2.75, 3.05) is 19.8 Å². The van der Waals surface area contributed by atoms with Crippen LogP contribution in [0.15, 0.2) is 29.3 Å². The molecule has 0 N–H and O–H groups in total. The summed E-state index contributed by atoms with van der Waals surface area (Å²) in [5.41, 5.74) is 0.599. The third-order valence-corrected chi connectivity index (χ3v) is 2.60. The lowest BCUT2D eigenvalue weighted by molar-refractivity contribution is -0.157. The summed E-state index contributed by atoms with van der Waals surface area (Å²) in [7, 11) is 0. The number of aliphatic imine (C=N–C) groups is 1. The van der Waals surface area contributed by atoms with Crippen molar-refractivity contribution in [3.8, 4) is 5.75 Å². The molecule has 0 fully saturated rings. The fraction of sp³-hybridized carbons (Fsp3) is 0.438. The predicted octanol–water partition coefficient (Wildman–Crippen LogP) is 2.53. The van der Waals surface area contributed by atoms with Crippen molar-refractivity contribution >= 4 is 23.8 Å². The Bertz CT molecular complexity index is 492. The molecule has 0 radical (unpaired) electrons. The lowest BCUT2D eigenvalue weighted by Crippen LogP contribution is -2.29. The van der Waals surface area contributed by atoms with Gasteiger partial charge < -0.3 is 14.2 Å². The number of rotatable bonds is 8. The minimum Gasteiger partial charge on any atom is -0.494 e. The minimum absolute atomic E-state index is 0.186. The molecule has 1 aromatic rings. The third-order valence-electron chi connectivity index (χ3n) is 2.60. The van der Waals surface area contributed by atoms with Crippen LogP contribution >= 0.6 is 0 Å². The third kappa shape index (κ3) is 5.55. The molecule has 1 aromatic carbocycles. The zero-order valence-corrected chi connectivity index (χ0v) is 13.1. The Labute approximate surface area is 130 Å². The van der Waals surface area contributed by atoms with Crippen LogP contribution in [0.2, 0.25) is 0 Å². The van der Waals surface area contributed by atoms with Crippen LogP contribution in [0, 0.1) is 5.92 Å². The van der Waals surface area contributed by atoms with E-state index in [2.05, 4.69) is 4.99 Å². The first-order chi connectivity index (χ1) is 10.6. The zero-order valence-electron chi connectivity index (χ0n) is 13.1. The Hall–Kier alpha value is -2.37. The van der Waals surface area contributed by atoms with Crippen LogP contribution in [0.4, 0.5) is 5.69 Å². The van der Waals surface area contributed by atoms with Gasteiger partial charge in [-0.05, 0) is 45.0 Å². The van der Waals surface area contributed by atoms with Gasteiger partial charge in [0.1, 0.15) is 5.75 Å². The average Bonchev–Trinajstić information content (AvgIpc) is 2.50. The van der Waals surface area contributed by atoms with Crippen molar-refractivity contribution in [1.29, 1.82) is 0 Å². The van der Waals surface area contributed by atoms with Crippen LogP contribution in [-0.4, -0.2) is 38.0 Å². The van der Waals surface area contributed by atoms with Crippen LogP contribution in [-0.2, 0) is 19.1 Å². The molecule has 0 saturated heterocycles. The molecule has 22 heavy (non-hydrogen) atoms. The molecule has 0 aliphatic rings. The van der Waals surface area contributed by atoms with E-state index in [0.29, 0.717) is 12.3 Å². The van der Waals surface area contributed by atoms with Gasteiger partial charge in [0.05, 0.1) is 25.5 Å². The summed E-state index contributed by atoms with van der Waals surface area (Å²) in [6, 6.07) is 6.99. The Balaban J connectivity index is 2.82. The second kappa shape index (κ2) is 9.55. The van der Waals surface area contributed by atoms with Gasteiger partial charge in [-0.15, -0.1) is 0 Å². The summed E-state index contributed by atoms with van der Waals surface area (Å²) in [5.74, 6) is -1.77. The summed E-state index contributed by atoms with van der Waals surface area (Å²) in [4.78, 5) is 27.7. The molecule has 0 aromatic heterocycles. The maximum Gasteiger partial charge on any atom is 0.325 e. The van der Waals surface area contributed by atoms with E-state index >= 15 is 0 Å². The molecular weight excluding hydrogens is 286 g/mol. The number of benzene rings is 1. The summed E-state index contributed by atoms with van der Waals surface area (Å²) >= 11 is 0. The molecule has 0 unspecified atom stereocenters. The minimum atomic E-state index is -1.16. The molecule has 0 bridgehead atoms. The molecule has 1 rings (SSSR count). The molecule has 6 nitrogen and oxygen atoms in total. The smallest absolute Gasteiger partial charge is 0.325 e. The van der Waals surface area contributed by atoms with E-state index in [1.807, 2.05) is 6.92 Å². The summed E-state index contributed by atoms with van der Waals surface area (Å²) in [6.07, 6.45) is 1.24. The largest absolute Gasteiger partial charge is 0.494 e. The Morgan fingerprint density at radius 3 is 2.00 bits per heavy atom. The molecule has 0 heterocycles. The van der Waals surface area contributed by atoms with Crippen LogP contribution in [0.25, 0.3) is 0 Å². The van der Waals surface area contributed by atoms with E-state index in [-0.39, 0.29) is 13.2 Å². The van der Waals surface area contributed by atoms with Gasteiger partial charge in [0.15, 0.2) is 5.92 Å². The fourth-order valence-corrected chi connectivity index (χ4v) is 1.64. The zero-order chi connectivity index (χ0) is 16.4. The molecule has 0 aliphatic carbocycles. The highest BCUT2D eigenvalue weighted by atomic mass is 16.6. The van der Waals surface area contributed by atoms with Crippen molar-refractivity contribution in [2.24, 2.45) is 10.9 Å². The fourth-order valence-electron chi connectivity index (χ4n) is 1.64. The number of carbonyl (C=O) groups is 2.